The van der Waals surface area contributed by atoms with Crippen LogP contribution in [0.5, 0.6) is 0 Å². The molecule has 1 unspecified atom stereocenters. The van der Waals surface area contributed by atoms with E-state index in [2.05, 4.69) is 0 Å². The largest absolute Gasteiger partial charge is 0.465 e. The molecule has 3 heteroatoms. The summed E-state index contributed by atoms with van der Waals surface area (Å²) in [5.41, 5.74) is 0.278. The lowest BCUT2D eigenvalue weighted by molar-refractivity contribution is -0.155. The van der Waals surface area contributed by atoms with Crippen molar-refractivity contribution in [1.82, 2.24) is 0 Å². The van der Waals surface area contributed by atoms with E-state index in [1.165, 1.54) is 19.3 Å². The number of hydrogen-bond acceptors (Lipinski definition) is 3. The predicted molar refractivity (Wildman–Crippen MR) is 55.3 cm³/mol. The number of esters is 1. The first kappa shape index (κ1) is 10.7. The van der Waals surface area contributed by atoms with E-state index >= 15 is 0 Å². The Morgan fingerprint density at radius 1 is 1.47 bits per heavy atom. The first-order chi connectivity index (χ1) is 7.17. The SMILES string of the molecule is CCOC(=O)C1CCC2(CCC2)CC1=O. The summed E-state index contributed by atoms with van der Waals surface area (Å²) in [5.74, 6) is -0.660. The highest BCUT2D eigenvalue weighted by molar-refractivity contribution is 5.99. The maximum absolute atomic E-state index is 11.8. The summed E-state index contributed by atoms with van der Waals surface area (Å²) < 4.78 is 4.91. The second-order valence-corrected chi connectivity index (χ2v) is 4.84. The van der Waals surface area contributed by atoms with E-state index in [0.717, 1.165) is 6.42 Å². The summed E-state index contributed by atoms with van der Waals surface area (Å²) in [4.78, 5) is 23.3. The van der Waals surface area contributed by atoms with Crippen LogP contribution in [0.2, 0.25) is 0 Å². The van der Waals surface area contributed by atoms with Gasteiger partial charge in [0.05, 0.1) is 6.61 Å². The minimum atomic E-state index is -0.462. The van der Waals surface area contributed by atoms with Crippen molar-refractivity contribution < 1.29 is 14.3 Å². The second kappa shape index (κ2) is 3.95. The first-order valence-corrected chi connectivity index (χ1v) is 5.86. The number of carbonyl (C=O) groups is 2. The van der Waals surface area contributed by atoms with Gasteiger partial charge < -0.3 is 4.74 Å². The molecule has 3 nitrogen and oxygen atoms in total. The van der Waals surface area contributed by atoms with Gasteiger partial charge in [0.15, 0.2) is 0 Å². The van der Waals surface area contributed by atoms with Gasteiger partial charge in [-0.15, -0.1) is 0 Å². The zero-order valence-electron chi connectivity index (χ0n) is 9.25. The smallest absolute Gasteiger partial charge is 0.316 e. The van der Waals surface area contributed by atoms with Gasteiger partial charge in [0.2, 0.25) is 0 Å². The average Bonchev–Trinajstić information content (AvgIpc) is 2.15. The quantitative estimate of drug-likeness (QED) is 0.517. The van der Waals surface area contributed by atoms with Crippen LogP contribution in [-0.2, 0) is 14.3 Å². The van der Waals surface area contributed by atoms with Crippen LogP contribution >= 0.6 is 0 Å². The number of rotatable bonds is 2. The molecule has 2 rings (SSSR count). The molecule has 0 bridgehead atoms. The maximum atomic E-state index is 11.8. The first-order valence-electron chi connectivity index (χ1n) is 5.86. The van der Waals surface area contributed by atoms with E-state index in [9.17, 15) is 9.59 Å². The molecule has 0 aromatic rings. The van der Waals surface area contributed by atoms with Gasteiger partial charge in [0, 0.05) is 6.42 Å². The third-order valence-electron chi connectivity index (χ3n) is 3.89. The molecular weight excluding hydrogens is 192 g/mol. The topological polar surface area (TPSA) is 43.4 Å². The van der Waals surface area contributed by atoms with E-state index in [1.807, 2.05) is 0 Å². The molecule has 0 amide bonds. The minimum absolute atomic E-state index is 0.111. The van der Waals surface area contributed by atoms with Gasteiger partial charge in [-0.3, -0.25) is 9.59 Å². The summed E-state index contributed by atoms with van der Waals surface area (Å²) >= 11 is 0. The molecule has 0 N–H and O–H groups in total. The van der Waals surface area contributed by atoms with Crippen molar-refractivity contribution in [2.75, 3.05) is 6.61 Å². The molecule has 2 fully saturated rings. The van der Waals surface area contributed by atoms with Crippen LogP contribution in [0, 0.1) is 11.3 Å². The molecule has 2 aliphatic carbocycles. The Bertz CT molecular complexity index is 279. The Hall–Kier alpha value is -0.860. The number of Topliss-reactive ketones (excluding diaryl/α,β-unsaturated/α-hetero) is 1. The third kappa shape index (κ3) is 1.92. The van der Waals surface area contributed by atoms with Gasteiger partial charge in [0.25, 0.3) is 0 Å². The number of hydrogen-bond donors (Lipinski definition) is 0. The molecule has 15 heavy (non-hydrogen) atoms. The van der Waals surface area contributed by atoms with Crippen molar-refractivity contribution in [1.29, 1.82) is 0 Å². The molecule has 0 aromatic heterocycles. The van der Waals surface area contributed by atoms with Gasteiger partial charge in [-0.05, 0) is 38.0 Å². The van der Waals surface area contributed by atoms with E-state index in [0.29, 0.717) is 19.4 Å². The standard InChI is InChI=1S/C12H18O3/c1-2-15-11(14)9-4-7-12(5-3-6-12)8-10(9)13/h9H,2-8H2,1H3. The molecule has 1 atom stereocenters. The summed E-state index contributed by atoms with van der Waals surface area (Å²) in [5, 5.41) is 0. The van der Waals surface area contributed by atoms with Crippen LogP contribution in [0.15, 0.2) is 0 Å². The zero-order chi connectivity index (χ0) is 10.9. The summed E-state index contributed by atoms with van der Waals surface area (Å²) in [7, 11) is 0. The molecule has 0 heterocycles. The van der Waals surface area contributed by atoms with E-state index in [1.54, 1.807) is 6.92 Å². The fourth-order valence-electron chi connectivity index (χ4n) is 2.79. The van der Waals surface area contributed by atoms with E-state index in [4.69, 9.17) is 4.74 Å². The predicted octanol–water partition coefficient (Wildman–Crippen LogP) is 2.09. The van der Waals surface area contributed by atoms with Crippen molar-refractivity contribution in [3.63, 3.8) is 0 Å². The lowest BCUT2D eigenvalue weighted by atomic mass is 9.59. The van der Waals surface area contributed by atoms with Crippen molar-refractivity contribution in [3.8, 4) is 0 Å². The van der Waals surface area contributed by atoms with Crippen molar-refractivity contribution >= 4 is 11.8 Å². The lowest BCUT2D eigenvalue weighted by Crippen LogP contribution is -2.41. The van der Waals surface area contributed by atoms with Gasteiger partial charge >= 0.3 is 5.97 Å². The molecule has 2 aliphatic rings. The van der Waals surface area contributed by atoms with E-state index in [-0.39, 0.29) is 17.2 Å². The summed E-state index contributed by atoms with van der Waals surface area (Å²) in [6.45, 7) is 2.15. The van der Waals surface area contributed by atoms with E-state index < -0.39 is 5.92 Å². The highest BCUT2D eigenvalue weighted by Crippen LogP contribution is 2.51. The molecule has 0 aliphatic heterocycles. The third-order valence-corrected chi connectivity index (χ3v) is 3.89. The Morgan fingerprint density at radius 2 is 2.20 bits per heavy atom. The Morgan fingerprint density at radius 3 is 2.67 bits per heavy atom. The minimum Gasteiger partial charge on any atom is -0.465 e. The summed E-state index contributed by atoms with van der Waals surface area (Å²) in [6, 6.07) is 0. The number of ether oxygens (including phenoxy) is 1. The lowest BCUT2D eigenvalue weighted by Gasteiger charge is -2.45. The van der Waals surface area contributed by atoms with Crippen LogP contribution in [0.25, 0.3) is 0 Å². The monoisotopic (exact) mass is 210 g/mol. The molecule has 2 saturated carbocycles. The van der Waals surface area contributed by atoms with Crippen LogP contribution in [0.3, 0.4) is 0 Å². The summed E-state index contributed by atoms with van der Waals surface area (Å²) in [6.07, 6.45) is 5.94. The fourth-order valence-corrected chi connectivity index (χ4v) is 2.79. The normalized spacial score (nSPS) is 28.6. The van der Waals surface area contributed by atoms with Crippen LogP contribution in [0.4, 0.5) is 0 Å². The number of carbonyl (C=O) groups excluding carboxylic acids is 2. The average molecular weight is 210 g/mol. The second-order valence-electron chi connectivity index (χ2n) is 4.84. The highest BCUT2D eigenvalue weighted by atomic mass is 16.5. The van der Waals surface area contributed by atoms with Crippen LogP contribution in [-0.4, -0.2) is 18.4 Å². The number of ketones is 1. The molecule has 0 saturated heterocycles. The maximum Gasteiger partial charge on any atom is 0.316 e. The van der Waals surface area contributed by atoms with Crippen LogP contribution in [0.1, 0.15) is 45.4 Å². The molecule has 0 aromatic carbocycles. The van der Waals surface area contributed by atoms with Gasteiger partial charge in [-0.1, -0.05) is 6.42 Å². The van der Waals surface area contributed by atoms with Crippen molar-refractivity contribution in [3.05, 3.63) is 0 Å². The Labute approximate surface area is 90.2 Å². The van der Waals surface area contributed by atoms with Crippen molar-refractivity contribution in [2.45, 2.75) is 45.4 Å². The van der Waals surface area contributed by atoms with Gasteiger partial charge in [-0.25, -0.2) is 0 Å². The zero-order valence-corrected chi connectivity index (χ0v) is 9.25. The molecule has 84 valence electrons. The molecular formula is C12H18O3. The molecule has 1 spiro atoms. The van der Waals surface area contributed by atoms with Crippen LogP contribution < -0.4 is 0 Å². The van der Waals surface area contributed by atoms with Gasteiger partial charge in [0.1, 0.15) is 11.7 Å². The fraction of sp³-hybridized carbons (Fsp3) is 0.833. The Kier molecular flexibility index (Phi) is 2.81. The van der Waals surface area contributed by atoms with Gasteiger partial charge in [-0.2, -0.15) is 0 Å². The highest BCUT2D eigenvalue weighted by Gasteiger charge is 2.46. The Balaban J connectivity index is 1.95. The molecule has 0 radical (unpaired) electrons. The van der Waals surface area contributed by atoms with Crippen molar-refractivity contribution in [2.24, 2.45) is 11.3 Å².